The number of aromatic nitrogens is 2. The number of nitrogens with zero attached hydrogens (tertiary/aromatic N) is 2. The lowest BCUT2D eigenvalue weighted by atomic mass is 9.70. The van der Waals surface area contributed by atoms with E-state index in [-0.39, 0.29) is 0 Å². The minimum atomic E-state index is -0.528. The van der Waals surface area contributed by atoms with Crippen LogP contribution in [0.4, 0.5) is 0 Å². The Hall–Kier alpha value is -6.68. The number of benzene rings is 7. The quantitative estimate of drug-likeness (QED) is 0.178. The van der Waals surface area contributed by atoms with E-state index < -0.39 is 5.41 Å². The molecule has 2 aliphatic carbocycles. The highest BCUT2D eigenvalue weighted by atomic mass is 32.1. The number of fused-ring (bicyclic) bond motifs is 10. The van der Waals surface area contributed by atoms with Gasteiger partial charge in [0, 0.05) is 32.0 Å². The summed E-state index contributed by atoms with van der Waals surface area (Å²) in [6.45, 7) is 0. The summed E-state index contributed by atoms with van der Waals surface area (Å²) < 4.78 is 0. The van der Waals surface area contributed by atoms with Crippen LogP contribution in [0.3, 0.4) is 0 Å². The van der Waals surface area contributed by atoms with E-state index >= 15 is 0 Å². The molecule has 0 aliphatic heterocycles. The van der Waals surface area contributed by atoms with Crippen LogP contribution in [0.5, 0.6) is 0 Å². The molecular weight excluding hydrogens is 673 g/mol. The van der Waals surface area contributed by atoms with Gasteiger partial charge in [-0.25, -0.2) is 9.97 Å². The van der Waals surface area contributed by atoms with E-state index in [2.05, 4.69) is 188 Å². The van der Waals surface area contributed by atoms with Crippen molar-refractivity contribution in [2.45, 2.75) is 5.41 Å². The molecule has 3 heteroatoms. The van der Waals surface area contributed by atoms with Crippen LogP contribution in [-0.2, 0) is 5.41 Å². The summed E-state index contributed by atoms with van der Waals surface area (Å²) in [5.74, 6) is 0.718. The molecule has 0 saturated carbocycles. The first kappa shape index (κ1) is 30.9. The molecule has 0 amide bonds. The van der Waals surface area contributed by atoms with E-state index in [0.717, 1.165) is 33.9 Å². The molecule has 11 rings (SSSR count). The molecule has 252 valence electrons. The van der Waals surface area contributed by atoms with Gasteiger partial charge in [-0.3, -0.25) is 0 Å². The highest BCUT2D eigenvalue weighted by molar-refractivity contribution is 7.19. The summed E-state index contributed by atoms with van der Waals surface area (Å²) in [6, 6.07) is 69.9. The molecule has 0 radical (unpaired) electrons. The molecule has 2 heterocycles. The average molecular weight is 705 g/mol. The van der Waals surface area contributed by atoms with E-state index in [0.29, 0.717) is 0 Å². The van der Waals surface area contributed by atoms with Crippen molar-refractivity contribution in [3.8, 4) is 77.0 Å². The predicted octanol–water partition coefficient (Wildman–Crippen LogP) is 13.2. The summed E-state index contributed by atoms with van der Waals surface area (Å²) in [7, 11) is 0. The van der Waals surface area contributed by atoms with Crippen LogP contribution in [0.2, 0.25) is 0 Å². The van der Waals surface area contributed by atoms with Crippen LogP contribution in [0.15, 0.2) is 194 Å². The Morgan fingerprint density at radius 3 is 1.44 bits per heavy atom. The molecule has 2 aromatic heterocycles. The van der Waals surface area contributed by atoms with Gasteiger partial charge in [0.05, 0.1) is 16.8 Å². The van der Waals surface area contributed by atoms with Crippen molar-refractivity contribution in [1.29, 1.82) is 0 Å². The van der Waals surface area contributed by atoms with Gasteiger partial charge in [-0.2, -0.15) is 0 Å². The molecule has 0 saturated heterocycles. The normalized spacial score (nSPS) is 14.7. The summed E-state index contributed by atoms with van der Waals surface area (Å²) in [4.78, 5) is 13.1. The molecule has 0 fully saturated rings. The number of hydrogen-bond donors (Lipinski definition) is 0. The standard InChI is InChI=1S/C51H32N2S/c1-5-18-33(19-6-1)43-32-44(53-50(52-43)36-24-11-4-12-25-36)39-28-17-31-42-45(39)37-26-13-15-29-40(37)51(42)41-30-16-14-27-38(41)46-47(51)49(35-22-9-3-10-23-35)54-48(46)34-20-7-2-8-21-34/h1-32H. The lowest BCUT2D eigenvalue weighted by molar-refractivity contribution is 0.799. The van der Waals surface area contributed by atoms with Gasteiger partial charge in [-0.15, -0.1) is 11.3 Å². The third-order valence-electron chi connectivity index (χ3n) is 11.1. The van der Waals surface area contributed by atoms with Crippen molar-refractivity contribution in [3.05, 3.63) is 216 Å². The molecule has 1 spiro atoms. The molecular formula is C51H32N2S. The van der Waals surface area contributed by atoms with Gasteiger partial charge >= 0.3 is 0 Å². The maximum Gasteiger partial charge on any atom is 0.160 e. The van der Waals surface area contributed by atoms with Gasteiger partial charge in [0.2, 0.25) is 0 Å². The minimum Gasteiger partial charge on any atom is -0.228 e. The van der Waals surface area contributed by atoms with Crippen molar-refractivity contribution in [3.63, 3.8) is 0 Å². The second kappa shape index (κ2) is 12.2. The maximum absolute atomic E-state index is 5.35. The van der Waals surface area contributed by atoms with Crippen molar-refractivity contribution in [2.24, 2.45) is 0 Å². The highest BCUT2D eigenvalue weighted by Gasteiger charge is 2.55. The zero-order chi connectivity index (χ0) is 35.6. The Morgan fingerprint density at radius 2 is 0.815 bits per heavy atom. The van der Waals surface area contributed by atoms with Gasteiger partial charge in [0.1, 0.15) is 0 Å². The molecule has 54 heavy (non-hydrogen) atoms. The summed E-state index contributed by atoms with van der Waals surface area (Å²) in [5.41, 5.74) is 17.4. The van der Waals surface area contributed by atoms with Gasteiger partial charge in [-0.1, -0.05) is 188 Å². The van der Waals surface area contributed by atoms with Gasteiger partial charge in [0.15, 0.2) is 5.82 Å². The Balaban J connectivity index is 1.25. The summed E-state index contributed by atoms with van der Waals surface area (Å²) in [6.07, 6.45) is 0. The molecule has 2 nitrogen and oxygen atoms in total. The summed E-state index contributed by atoms with van der Waals surface area (Å²) in [5, 5.41) is 0. The second-order valence-corrected chi connectivity index (χ2v) is 15.0. The average Bonchev–Trinajstić information content (AvgIpc) is 3.90. The zero-order valence-corrected chi connectivity index (χ0v) is 30.1. The van der Waals surface area contributed by atoms with Crippen LogP contribution in [0.1, 0.15) is 22.3 Å². The third-order valence-corrected chi connectivity index (χ3v) is 12.4. The first-order chi connectivity index (χ1) is 26.8. The van der Waals surface area contributed by atoms with Crippen molar-refractivity contribution in [2.75, 3.05) is 0 Å². The first-order valence-electron chi connectivity index (χ1n) is 18.4. The minimum absolute atomic E-state index is 0.528. The highest BCUT2D eigenvalue weighted by Crippen LogP contribution is 2.68. The first-order valence-corrected chi connectivity index (χ1v) is 19.2. The zero-order valence-electron chi connectivity index (χ0n) is 29.3. The van der Waals surface area contributed by atoms with Crippen LogP contribution in [0.25, 0.3) is 77.0 Å². The number of hydrogen-bond acceptors (Lipinski definition) is 3. The lowest BCUT2D eigenvalue weighted by Crippen LogP contribution is -2.26. The van der Waals surface area contributed by atoms with E-state index in [1.807, 2.05) is 17.4 Å². The van der Waals surface area contributed by atoms with Crippen LogP contribution >= 0.6 is 11.3 Å². The predicted molar refractivity (Wildman–Crippen MR) is 223 cm³/mol. The van der Waals surface area contributed by atoms with Crippen LogP contribution < -0.4 is 0 Å². The van der Waals surface area contributed by atoms with Gasteiger partial charge in [-0.05, 0) is 56.1 Å². The van der Waals surface area contributed by atoms with E-state index in [1.165, 1.54) is 65.4 Å². The SMILES string of the molecule is c1ccc(-c2cc(-c3cccc4c3-c3ccccc3C43c4ccccc4-c4c(-c5ccccc5)sc(-c5ccccc5)c43)nc(-c3ccccc3)n2)cc1. The maximum atomic E-state index is 5.35. The second-order valence-electron chi connectivity index (χ2n) is 14.0. The lowest BCUT2D eigenvalue weighted by Gasteiger charge is -2.31. The van der Waals surface area contributed by atoms with E-state index in [9.17, 15) is 0 Å². The van der Waals surface area contributed by atoms with Crippen LogP contribution in [0, 0.1) is 0 Å². The number of rotatable bonds is 5. The third kappa shape index (κ3) is 4.46. The Morgan fingerprint density at radius 1 is 0.352 bits per heavy atom. The van der Waals surface area contributed by atoms with Crippen molar-refractivity contribution < 1.29 is 0 Å². The fourth-order valence-electron chi connectivity index (χ4n) is 8.95. The smallest absolute Gasteiger partial charge is 0.160 e. The fraction of sp³-hybridized carbons (Fsp3) is 0.0196. The van der Waals surface area contributed by atoms with Gasteiger partial charge in [0.25, 0.3) is 0 Å². The summed E-state index contributed by atoms with van der Waals surface area (Å²) >= 11 is 1.92. The molecule has 0 bridgehead atoms. The van der Waals surface area contributed by atoms with Gasteiger partial charge < -0.3 is 0 Å². The molecule has 0 N–H and O–H groups in total. The number of thiophene rings is 1. The molecule has 1 unspecified atom stereocenters. The fourth-order valence-corrected chi connectivity index (χ4v) is 10.3. The monoisotopic (exact) mass is 704 g/mol. The van der Waals surface area contributed by atoms with E-state index in [4.69, 9.17) is 9.97 Å². The molecule has 9 aromatic rings. The topological polar surface area (TPSA) is 25.8 Å². The van der Waals surface area contributed by atoms with Crippen LogP contribution in [-0.4, -0.2) is 9.97 Å². The van der Waals surface area contributed by atoms with Crippen molar-refractivity contribution >= 4 is 11.3 Å². The Bertz CT molecular complexity index is 2800. The molecule has 2 aliphatic rings. The molecule has 1 atom stereocenters. The Kier molecular flexibility index (Phi) is 6.98. The molecule has 7 aromatic carbocycles. The largest absolute Gasteiger partial charge is 0.228 e. The van der Waals surface area contributed by atoms with Crippen molar-refractivity contribution in [1.82, 2.24) is 9.97 Å². The van der Waals surface area contributed by atoms with E-state index in [1.54, 1.807) is 0 Å². The Labute approximate surface area is 318 Å².